The van der Waals surface area contributed by atoms with Gasteiger partial charge in [-0.15, -0.1) is 0 Å². The first-order valence-corrected chi connectivity index (χ1v) is 8.24. The maximum atomic E-state index is 14.9. The third kappa shape index (κ3) is 2.04. The number of piperazine rings is 1. The van der Waals surface area contributed by atoms with Crippen molar-refractivity contribution in [1.29, 1.82) is 0 Å². The highest BCUT2D eigenvalue weighted by atomic mass is 35.5. The van der Waals surface area contributed by atoms with Crippen molar-refractivity contribution in [3.05, 3.63) is 26.9 Å². The summed E-state index contributed by atoms with van der Waals surface area (Å²) in [4.78, 5) is 20.8. The summed E-state index contributed by atoms with van der Waals surface area (Å²) < 4.78 is 22.1. The summed E-state index contributed by atoms with van der Waals surface area (Å²) in [5.41, 5.74) is -0.00608. The number of nitrogens with zero attached hydrogens (tertiary/aromatic N) is 4. The van der Waals surface area contributed by atoms with Gasteiger partial charge in [0, 0.05) is 32.2 Å². The molecule has 4 rings (SSSR count). The van der Waals surface area contributed by atoms with Crippen LogP contribution in [0.3, 0.4) is 0 Å². The average Bonchev–Trinajstić information content (AvgIpc) is 2.70. The monoisotopic (exact) mass is 352 g/mol. The normalized spacial score (nSPS) is 20.7. The Morgan fingerprint density at radius 1 is 1.33 bits per heavy atom. The van der Waals surface area contributed by atoms with E-state index in [9.17, 15) is 9.18 Å². The second-order valence-corrected chi connectivity index (χ2v) is 6.88. The van der Waals surface area contributed by atoms with Gasteiger partial charge in [-0.2, -0.15) is 4.98 Å². The smallest absolute Gasteiger partial charge is 0.349 e. The average molecular weight is 353 g/mol. The van der Waals surface area contributed by atoms with Gasteiger partial charge in [0.1, 0.15) is 12.4 Å². The molecule has 2 aliphatic rings. The van der Waals surface area contributed by atoms with Crippen molar-refractivity contribution >= 4 is 28.3 Å². The molecule has 6 nitrogen and oxygen atoms in total. The van der Waals surface area contributed by atoms with Crippen LogP contribution in [0.4, 0.5) is 10.2 Å². The van der Waals surface area contributed by atoms with Crippen molar-refractivity contribution < 1.29 is 9.13 Å². The molecule has 2 aromatic rings. The zero-order chi connectivity index (χ0) is 17.2. The molecule has 0 bridgehead atoms. The first-order valence-electron chi connectivity index (χ1n) is 7.86. The first-order chi connectivity index (χ1) is 11.4. The zero-order valence-electron chi connectivity index (χ0n) is 13.8. The van der Waals surface area contributed by atoms with Crippen molar-refractivity contribution in [1.82, 2.24) is 14.5 Å². The SMILES string of the molecule is Cc1c(Cl)c2c3c(nc(=O)n(C)c3c1F)N1CCN(C)CC1CO2. The molecule has 2 aliphatic heterocycles. The van der Waals surface area contributed by atoms with Crippen LogP contribution in [-0.2, 0) is 7.05 Å². The molecule has 24 heavy (non-hydrogen) atoms. The Hall–Kier alpha value is -1.86. The molecule has 3 heterocycles. The third-order valence-corrected chi connectivity index (χ3v) is 5.41. The van der Waals surface area contributed by atoms with Gasteiger partial charge >= 0.3 is 5.69 Å². The van der Waals surface area contributed by atoms with E-state index in [4.69, 9.17) is 16.3 Å². The van der Waals surface area contributed by atoms with Gasteiger partial charge in [-0.25, -0.2) is 9.18 Å². The molecule has 0 radical (unpaired) electrons. The van der Waals surface area contributed by atoms with Crippen molar-refractivity contribution in [2.75, 3.05) is 38.2 Å². The number of halogens is 2. The first kappa shape index (κ1) is 15.7. The minimum Gasteiger partial charge on any atom is -0.489 e. The van der Waals surface area contributed by atoms with Gasteiger partial charge in [-0.1, -0.05) is 11.6 Å². The quantitative estimate of drug-likeness (QED) is 0.720. The number of benzene rings is 1. The van der Waals surface area contributed by atoms with Crippen LogP contribution in [0.2, 0.25) is 5.02 Å². The second-order valence-electron chi connectivity index (χ2n) is 6.50. The predicted molar refractivity (Wildman–Crippen MR) is 90.8 cm³/mol. The van der Waals surface area contributed by atoms with Crippen LogP contribution in [0.5, 0.6) is 5.75 Å². The molecule has 0 aliphatic carbocycles. The lowest BCUT2D eigenvalue weighted by Crippen LogP contribution is -2.54. The standard InChI is InChI=1S/C16H18ClFN4O2/c1-8-11(17)14-10-13(12(8)18)21(3)16(23)19-15(10)22-5-4-20(2)6-9(22)7-24-14/h9H,4-7H2,1-3H3. The van der Waals surface area contributed by atoms with E-state index in [2.05, 4.69) is 9.88 Å². The van der Waals surface area contributed by atoms with E-state index in [0.717, 1.165) is 13.1 Å². The molecule has 0 spiro atoms. The number of anilines is 1. The van der Waals surface area contributed by atoms with Gasteiger partial charge < -0.3 is 14.5 Å². The fourth-order valence-corrected chi connectivity index (χ4v) is 3.80. The molecule has 128 valence electrons. The van der Waals surface area contributed by atoms with Gasteiger partial charge in [0.25, 0.3) is 0 Å². The Morgan fingerprint density at radius 2 is 2.08 bits per heavy atom. The molecule has 1 unspecified atom stereocenters. The Kier molecular flexibility index (Phi) is 3.47. The molecule has 8 heteroatoms. The van der Waals surface area contributed by atoms with E-state index in [1.54, 1.807) is 6.92 Å². The van der Waals surface area contributed by atoms with Gasteiger partial charge in [-0.05, 0) is 14.0 Å². The van der Waals surface area contributed by atoms with Crippen molar-refractivity contribution in [2.24, 2.45) is 7.05 Å². The molecule has 0 saturated carbocycles. The van der Waals surface area contributed by atoms with Crippen molar-refractivity contribution in [2.45, 2.75) is 13.0 Å². The van der Waals surface area contributed by atoms with Crippen molar-refractivity contribution in [3.63, 3.8) is 0 Å². The molecule has 0 amide bonds. The summed E-state index contributed by atoms with van der Waals surface area (Å²) >= 11 is 6.37. The lowest BCUT2D eigenvalue weighted by atomic mass is 10.1. The van der Waals surface area contributed by atoms with Gasteiger partial charge in [0.15, 0.2) is 11.6 Å². The number of hydrogen-bond donors (Lipinski definition) is 0. The molecule has 0 N–H and O–H groups in total. The van der Waals surface area contributed by atoms with E-state index >= 15 is 0 Å². The van der Waals surface area contributed by atoms with Gasteiger partial charge in [0.05, 0.1) is 22.0 Å². The van der Waals surface area contributed by atoms with Crippen molar-refractivity contribution in [3.8, 4) is 5.75 Å². The molecule has 1 aromatic carbocycles. The van der Waals surface area contributed by atoms with Crippen LogP contribution >= 0.6 is 11.6 Å². The zero-order valence-corrected chi connectivity index (χ0v) is 14.5. The van der Waals surface area contributed by atoms with Crippen LogP contribution in [0, 0.1) is 12.7 Å². The maximum absolute atomic E-state index is 14.9. The lowest BCUT2D eigenvalue weighted by Gasteiger charge is -2.39. The van der Waals surface area contributed by atoms with Crippen LogP contribution in [0.25, 0.3) is 10.9 Å². The number of aromatic nitrogens is 2. The van der Waals surface area contributed by atoms with Gasteiger partial charge in [-0.3, -0.25) is 4.57 Å². The Balaban J connectivity index is 2.11. The molecule has 1 aromatic heterocycles. The Bertz CT molecular complexity index is 914. The summed E-state index contributed by atoms with van der Waals surface area (Å²) in [6.07, 6.45) is 0. The number of hydrogen-bond acceptors (Lipinski definition) is 5. The highest BCUT2D eigenvalue weighted by Crippen LogP contribution is 2.44. The number of likely N-dealkylation sites (N-methyl/N-ethyl adjacent to an activating group) is 1. The minimum atomic E-state index is -0.502. The summed E-state index contributed by atoms with van der Waals surface area (Å²) in [6, 6.07) is 0.0402. The molecule has 1 atom stereocenters. The third-order valence-electron chi connectivity index (χ3n) is 4.96. The van der Waals surface area contributed by atoms with Crippen LogP contribution in [0.15, 0.2) is 4.79 Å². The number of rotatable bonds is 0. The lowest BCUT2D eigenvalue weighted by molar-refractivity contribution is 0.208. The maximum Gasteiger partial charge on any atom is 0.349 e. The topological polar surface area (TPSA) is 50.6 Å². The van der Waals surface area contributed by atoms with Crippen LogP contribution in [0.1, 0.15) is 5.56 Å². The second kappa shape index (κ2) is 5.32. The molecule has 1 fully saturated rings. The largest absolute Gasteiger partial charge is 0.489 e. The predicted octanol–water partition coefficient (Wildman–Crippen LogP) is 1.55. The Labute approximate surface area is 143 Å². The molecule has 1 saturated heterocycles. The molecular weight excluding hydrogens is 335 g/mol. The summed E-state index contributed by atoms with van der Waals surface area (Å²) in [7, 11) is 3.56. The number of ether oxygens (including phenoxy) is 1. The fourth-order valence-electron chi connectivity index (χ4n) is 3.57. The van der Waals surface area contributed by atoms with E-state index in [1.807, 2.05) is 11.9 Å². The summed E-state index contributed by atoms with van der Waals surface area (Å²) in [5, 5.41) is 0.729. The number of aryl methyl sites for hydroxylation is 1. The van der Waals surface area contributed by atoms with E-state index in [1.165, 1.54) is 11.6 Å². The Morgan fingerprint density at radius 3 is 2.83 bits per heavy atom. The minimum absolute atomic E-state index is 0.0402. The van der Waals surface area contributed by atoms with E-state index < -0.39 is 11.5 Å². The fraction of sp³-hybridized carbons (Fsp3) is 0.500. The molecular formula is C16H18ClFN4O2. The number of fused-ring (bicyclic) bond motifs is 2. The highest BCUT2D eigenvalue weighted by molar-refractivity contribution is 6.34. The van der Waals surface area contributed by atoms with E-state index in [0.29, 0.717) is 30.1 Å². The highest BCUT2D eigenvalue weighted by Gasteiger charge is 2.35. The summed E-state index contributed by atoms with van der Waals surface area (Å²) in [6.45, 7) is 4.33. The van der Waals surface area contributed by atoms with E-state index in [-0.39, 0.29) is 22.1 Å². The van der Waals surface area contributed by atoms with Gasteiger partial charge in [0.2, 0.25) is 0 Å². The van der Waals surface area contributed by atoms with Crippen LogP contribution in [-0.4, -0.2) is 53.8 Å². The summed E-state index contributed by atoms with van der Waals surface area (Å²) in [5.74, 6) is 0.387. The van der Waals surface area contributed by atoms with Crippen LogP contribution < -0.4 is 15.3 Å².